The van der Waals surface area contributed by atoms with Crippen LogP contribution in [-0.2, 0) is 12.8 Å². The van der Waals surface area contributed by atoms with E-state index in [1.165, 1.54) is 11.3 Å². The average Bonchev–Trinajstić information content (AvgIpc) is 3.35. The molecule has 142 valence electrons. The molecule has 0 aliphatic carbocycles. The van der Waals surface area contributed by atoms with E-state index in [1.807, 2.05) is 11.1 Å². The van der Waals surface area contributed by atoms with Crippen molar-refractivity contribution >= 4 is 22.9 Å². The van der Waals surface area contributed by atoms with Crippen molar-refractivity contribution in [3.05, 3.63) is 52.1 Å². The first-order chi connectivity index (χ1) is 13.2. The molecule has 1 amide bonds. The minimum Gasteiger partial charge on any atom is -0.396 e. The van der Waals surface area contributed by atoms with Gasteiger partial charge < -0.3 is 10.0 Å². The lowest BCUT2D eigenvalue weighted by molar-refractivity contribution is 0.0595. The number of carbonyl (C=O) groups is 1. The van der Waals surface area contributed by atoms with Gasteiger partial charge in [-0.15, -0.1) is 11.3 Å². The molecule has 1 fully saturated rings. The summed E-state index contributed by atoms with van der Waals surface area (Å²) in [4.78, 5) is 20.9. The Morgan fingerprint density at radius 1 is 1.33 bits per heavy atom. The normalized spacial score (nSPS) is 17.5. The highest BCUT2D eigenvalue weighted by molar-refractivity contribution is 7.09. The quantitative estimate of drug-likeness (QED) is 0.709. The Hall–Kier alpha value is -2.25. The third-order valence-electron chi connectivity index (χ3n) is 5.18. The lowest BCUT2D eigenvalue weighted by Crippen LogP contribution is -2.44. The number of amides is 1. The number of aromatic nitrogens is 3. The number of aliphatic hydroxyl groups excluding tert-OH is 1. The van der Waals surface area contributed by atoms with E-state index in [4.69, 9.17) is 5.11 Å². The zero-order valence-corrected chi connectivity index (χ0v) is 16.1. The molecule has 6 nitrogen and oxygen atoms in total. The van der Waals surface area contributed by atoms with Gasteiger partial charge in [-0.1, -0.05) is 6.07 Å². The Morgan fingerprint density at radius 3 is 3.07 bits per heavy atom. The lowest BCUT2D eigenvalue weighted by atomic mass is 9.97. The van der Waals surface area contributed by atoms with E-state index in [2.05, 4.69) is 27.6 Å². The molecule has 3 aromatic rings. The maximum atomic E-state index is 13.1. The molecule has 0 aromatic carbocycles. The van der Waals surface area contributed by atoms with Gasteiger partial charge in [0, 0.05) is 42.5 Å². The van der Waals surface area contributed by atoms with E-state index in [-0.39, 0.29) is 18.6 Å². The van der Waals surface area contributed by atoms with Crippen molar-refractivity contribution < 1.29 is 9.90 Å². The van der Waals surface area contributed by atoms with Crippen molar-refractivity contribution in [3.63, 3.8) is 0 Å². The van der Waals surface area contributed by atoms with E-state index in [0.29, 0.717) is 17.8 Å². The van der Waals surface area contributed by atoms with Gasteiger partial charge >= 0.3 is 0 Å². The standard InChI is InChI=1S/C20H24N4O2S/c25-10-8-15-13-21-19-12-18(22-24(19)14-15)20(26)23-9-2-1-4-16(23)6-7-17-5-3-11-27-17/h3,5,11-14,16,25H,1-2,4,6-10H2/t16-/m1/s1. The zero-order valence-electron chi connectivity index (χ0n) is 15.3. The van der Waals surface area contributed by atoms with Crippen LogP contribution in [0.1, 0.15) is 46.6 Å². The number of piperidine rings is 1. The van der Waals surface area contributed by atoms with E-state index in [0.717, 1.165) is 37.8 Å². The number of aryl methyl sites for hydroxylation is 1. The van der Waals surface area contributed by atoms with Crippen molar-refractivity contribution in [2.45, 2.75) is 44.6 Å². The molecule has 0 unspecified atom stereocenters. The molecule has 1 N–H and O–H groups in total. The van der Waals surface area contributed by atoms with Crippen LogP contribution in [0.4, 0.5) is 0 Å². The number of fused-ring (bicyclic) bond motifs is 1. The van der Waals surface area contributed by atoms with Gasteiger partial charge in [0.1, 0.15) is 0 Å². The van der Waals surface area contributed by atoms with Gasteiger partial charge in [0.25, 0.3) is 5.91 Å². The number of hydrogen-bond acceptors (Lipinski definition) is 5. The smallest absolute Gasteiger partial charge is 0.274 e. The van der Waals surface area contributed by atoms with Crippen LogP contribution in [0, 0.1) is 0 Å². The van der Waals surface area contributed by atoms with Gasteiger partial charge in [0.2, 0.25) is 0 Å². The summed E-state index contributed by atoms with van der Waals surface area (Å²) in [6, 6.07) is 6.28. The molecule has 0 saturated carbocycles. The Labute approximate surface area is 162 Å². The van der Waals surface area contributed by atoms with Crippen LogP contribution < -0.4 is 0 Å². The second-order valence-electron chi connectivity index (χ2n) is 7.03. The van der Waals surface area contributed by atoms with Crippen LogP contribution >= 0.6 is 11.3 Å². The summed E-state index contributed by atoms with van der Waals surface area (Å²) in [5.41, 5.74) is 2.01. The SMILES string of the molecule is O=C(c1cc2ncc(CCO)cn2n1)N1CCCC[C@@H]1CCc1cccs1. The molecular formula is C20H24N4O2S. The highest BCUT2D eigenvalue weighted by Crippen LogP contribution is 2.24. The number of nitrogens with zero attached hydrogens (tertiary/aromatic N) is 4. The molecule has 7 heteroatoms. The Kier molecular flexibility index (Phi) is 5.50. The number of aliphatic hydroxyl groups is 1. The minimum atomic E-state index is 0.0000813. The van der Waals surface area contributed by atoms with Crippen LogP contribution in [0.15, 0.2) is 36.0 Å². The van der Waals surface area contributed by atoms with Gasteiger partial charge in [0.05, 0.1) is 0 Å². The third-order valence-corrected chi connectivity index (χ3v) is 6.11. The molecule has 4 heterocycles. The Balaban J connectivity index is 1.51. The largest absolute Gasteiger partial charge is 0.396 e. The van der Waals surface area contributed by atoms with Crippen molar-refractivity contribution in [2.75, 3.05) is 13.2 Å². The van der Waals surface area contributed by atoms with Gasteiger partial charge in [0.15, 0.2) is 11.3 Å². The summed E-state index contributed by atoms with van der Waals surface area (Å²) in [7, 11) is 0. The Bertz CT molecular complexity index is 906. The Morgan fingerprint density at radius 2 is 2.26 bits per heavy atom. The second kappa shape index (κ2) is 8.19. The van der Waals surface area contributed by atoms with E-state index >= 15 is 0 Å². The molecule has 1 aliphatic heterocycles. The van der Waals surface area contributed by atoms with Crippen LogP contribution in [0.2, 0.25) is 0 Å². The molecule has 0 spiro atoms. The second-order valence-corrected chi connectivity index (χ2v) is 8.07. The average molecular weight is 385 g/mol. The first-order valence-electron chi connectivity index (χ1n) is 9.53. The molecular weight excluding hydrogens is 360 g/mol. The number of hydrogen-bond donors (Lipinski definition) is 1. The summed E-state index contributed by atoms with van der Waals surface area (Å²) in [6.45, 7) is 0.866. The molecule has 1 aliphatic rings. The van der Waals surface area contributed by atoms with Gasteiger partial charge in [-0.25, -0.2) is 9.50 Å². The summed E-state index contributed by atoms with van der Waals surface area (Å²) in [6.07, 6.45) is 9.39. The number of rotatable bonds is 6. The van der Waals surface area contributed by atoms with Crippen LogP contribution in [0.3, 0.4) is 0 Å². The predicted octanol–water partition coefficient (Wildman–Crippen LogP) is 2.95. The molecule has 4 rings (SSSR count). The first kappa shape index (κ1) is 18.1. The van der Waals surface area contributed by atoms with Crippen LogP contribution in [0.25, 0.3) is 5.65 Å². The topological polar surface area (TPSA) is 70.7 Å². The van der Waals surface area contributed by atoms with Gasteiger partial charge in [-0.05, 0) is 55.5 Å². The monoisotopic (exact) mass is 384 g/mol. The van der Waals surface area contributed by atoms with Gasteiger partial charge in [-0.2, -0.15) is 5.10 Å². The van der Waals surface area contributed by atoms with Gasteiger partial charge in [-0.3, -0.25) is 4.79 Å². The van der Waals surface area contributed by atoms with Crippen molar-refractivity contribution in [1.82, 2.24) is 19.5 Å². The highest BCUT2D eigenvalue weighted by Gasteiger charge is 2.29. The number of carbonyl (C=O) groups excluding carboxylic acids is 1. The lowest BCUT2D eigenvalue weighted by Gasteiger charge is -2.35. The van der Waals surface area contributed by atoms with Crippen LogP contribution in [-0.4, -0.2) is 49.7 Å². The van der Waals surface area contributed by atoms with Crippen LogP contribution in [0.5, 0.6) is 0 Å². The van der Waals surface area contributed by atoms with E-state index in [9.17, 15) is 4.79 Å². The highest BCUT2D eigenvalue weighted by atomic mass is 32.1. The summed E-state index contributed by atoms with van der Waals surface area (Å²) >= 11 is 1.78. The molecule has 27 heavy (non-hydrogen) atoms. The summed E-state index contributed by atoms with van der Waals surface area (Å²) in [5, 5.41) is 15.6. The van der Waals surface area contributed by atoms with Crippen molar-refractivity contribution in [1.29, 1.82) is 0 Å². The minimum absolute atomic E-state index is 0.0000813. The van der Waals surface area contributed by atoms with E-state index in [1.54, 1.807) is 28.1 Å². The fourth-order valence-corrected chi connectivity index (χ4v) is 4.48. The first-order valence-corrected chi connectivity index (χ1v) is 10.4. The maximum Gasteiger partial charge on any atom is 0.274 e. The number of thiophene rings is 1. The van der Waals surface area contributed by atoms with Crippen molar-refractivity contribution in [3.8, 4) is 0 Å². The maximum absolute atomic E-state index is 13.1. The molecule has 0 bridgehead atoms. The van der Waals surface area contributed by atoms with Crippen molar-refractivity contribution in [2.24, 2.45) is 0 Å². The molecule has 1 atom stereocenters. The number of likely N-dealkylation sites (tertiary alicyclic amines) is 1. The zero-order chi connectivity index (χ0) is 18.6. The summed E-state index contributed by atoms with van der Waals surface area (Å²) in [5.74, 6) is 0.0000813. The fourth-order valence-electron chi connectivity index (χ4n) is 3.76. The molecule has 1 saturated heterocycles. The molecule has 3 aromatic heterocycles. The van der Waals surface area contributed by atoms with E-state index < -0.39 is 0 Å². The summed E-state index contributed by atoms with van der Waals surface area (Å²) < 4.78 is 1.64. The molecule has 0 radical (unpaired) electrons. The third kappa shape index (κ3) is 4.04. The predicted molar refractivity (Wildman–Crippen MR) is 105 cm³/mol. The fraction of sp³-hybridized carbons (Fsp3) is 0.450.